The molecule has 0 atom stereocenters. The van der Waals surface area contributed by atoms with Crippen molar-refractivity contribution in [3.05, 3.63) is 65.2 Å². The number of benzene rings is 2. The molecule has 0 radical (unpaired) electrons. The van der Waals surface area contributed by atoms with E-state index in [9.17, 15) is 18.3 Å². The Bertz CT molecular complexity index is 735. The maximum atomic E-state index is 12.7. The molecule has 0 aliphatic carbocycles. The molecule has 26 heavy (non-hydrogen) atoms. The summed E-state index contributed by atoms with van der Waals surface area (Å²) in [6.45, 7) is 2.10. The van der Waals surface area contributed by atoms with Gasteiger partial charge in [-0.15, -0.1) is 0 Å². The summed E-state index contributed by atoms with van der Waals surface area (Å²) >= 11 is 0. The van der Waals surface area contributed by atoms with Crippen molar-refractivity contribution in [1.29, 1.82) is 0 Å². The third kappa shape index (κ3) is 4.19. The fourth-order valence-electron chi connectivity index (χ4n) is 3.37. The first-order chi connectivity index (χ1) is 12.3. The van der Waals surface area contributed by atoms with Gasteiger partial charge in [0, 0.05) is 19.6 Å². The summed E-state index contributed by atoms with van der Waals surface area (Å²) in [6.07, 6.45) is -3.38. The van der Waals surface area contributed by atoms with Crippen LogP contribution < -0.4 is 4.74 Å². The van der Waals surface area contributed by atoms with Crippen LogP contribution in [0, 0.1) is 0 Å². The molecule has 0 amide bonds. The third-order valence-electron chi connectivity index (χ3n) is 4.97. The minimum absolute atomic E-state index is 0.488. The van der Waals surface area contributed by atoms with E-state index in [0.29, 0.717) is 31.5 Å². The van der Waals surface area contributed by atoms with E-state index in [-0.39, 0.29) is 0 Å². The van der Waals surface area contributed by atoms with Crippen molar-refractivity contribution in [3.8, 4) is 5.75 Å². The summed E-state index contributed by atoms with van der Waals surface area (Å²) in [6, 6.07) is 12.7. The van der Waals surface area contributed by atoms with Gasteiger partial charge < -0.3 is 9.84 Å². The number of halogens is 3. The van der Waals surface area contributed by atoms with Gasteiger partial charge in [0.05, 0.1) is 18.3 Å². The fraction of sp³-hybridized carbons (Fsp3) is 0.400. The summed E-state index contributed by atoms with van der Waals surface area (Å²) in [4.78, 5) is 2.23. The summed E-state index contributed by atoms with van der Waals surface area (Å²) in [7, 11) is 1.63. The van der Waals surface area contributed by atoms with Crippen molar-refractivity contribution in [1.82, 2.24) is 4.90 Å². The van der Waals surface area contributed by atoms with Crippen LogP contribution in [-0.2, 0) is 18.3 Å². The van der Waals surface area contributed by atoms with Crippen molar-refractivity contribution < 1.29 is 23.0 Å². The molecule has 0 bridgehead atoms. The molecule has 0 spiro atoms. The van der Waals surface area contributed by atoms with E-state index in [1.165, 1.54) is 12.1 Å². The molecular formula is C20H22F3NO2. The molecule has 1 aliphatic rings. The molecule has 3 rings (SSSR count). The molecule has 1 fully saturated rings. The number of ether oxygens (including phenoxy) is 1. The Hall–Kier alpha value is -2.05. The van der Waals surface area contributed by atoms with Gasteiger partial charge in [-0.1, -0.05) is 24.3 Å². The average Bonchev–Trinajstić information content (AvgIpc) is 2.63. The number of aliphatic hydroxyl groups is 1. The van der Waals surface area contributed by atoms with Gasteiger partial charge in [0.2, 0.25) is 0 Å². The Morgan fingerprint density at radius 2 is 1.73 bits per heavy atom. The van der Waals surface area contributed by atoms with E-state index in [4.69, 9.17) is 4.74 Å². The van der Waals surface area contributed by atoms with Gasteiger partial charge in [0.1, 0.15) is 5.75 Å². The SMILES string of the molecule is COc1cccc(CN2CCC(O)(c3ccc(C(F)(F)F)cc3)CC2)c1. The molecule has 0 unspecified atom stereocenters. The van der Waals surface area contributed by atoms with Crippen LogP contribution in [0.2, 0.25) is 0 Å². The highest BCUT2D eigenvalue weighted by atomic mass is 19.4. The molecule has 2 aromatic carbocycles. The number of methoxy groups -OCH3 is 1. The smallest absolute Gasteiger partial charge is 0.416 e. The van der Waals surface area contributed by atoms with E-state index in [1.54, 1.807) is 7.11 Å². The molecule has 2 aromatic rings. The van der Waals surface area contributed by atoms with Crippen LogP contribution in [0.4, 0.5) is 13.2 Å². The summed E-state index contributed by atoms with van der Waals surface area (Å²) < 4.78 is 43.3. The number of hydrogen-bond donors (Lipinski definition) is 1. The maximum Gasteiger partial charge on any atom is 0.416 e. The standard InChI is InChI=1S/C20H22F3NO2/c1-26-18-4-2-3-15(13-18)14-24-11-9-19(25,10-12-24)16-5-7-17(8-6-16)20(21,22)23/h2-8,13,25H,9-12,14H2,1H3. The van der Waals surface area contributed by atoms with Crippen LogP contribution in [0.5, 0.6) is 5.75 Å². The highest BCUT2D eigenvalue weighted by Gasteiger charge is 2.35. The van der Waals surface area contributed by atoms with Crippen molar-refractivity contribution in [2.75, 3.05) is 20.2 Å². The molecular weight excluding hydrogens is 343 g/mol. The van der Waals surface area contributed by atoms with Crippen LogP contribution in [0.3, 0.4) is 0 Å². The molecule has 6 heteroatoms. The number of likely N-dealkylation sites (tertiary alicyclic amines) is 1. The maximum absolute atomic E-state index is 12.7. The normalized spacial score (nSPS) is 17.9. The summed E-state index contributed by atoms with van der Waals surface area (Å²) in [5.41, 5.74) is -0.0918. The van der Waals surface area contributed by atoms with E-state index in [0.717, 1.165) is 30.0 Å². The lowest BCUT2D eigenvalue weighted by Gasteiger charge is -2.38. The van der Waals surface area contributed by atoms with Crippen LogP contribution >= 0.6 is 0 Å². The Labute approximate surface area is 151 Å². The lowest BCUT2D eigenvalue weighted by atomic mass is 9.84. The first-order valence-electron chi connectivity index (χ1n) is 8.56. The van der Waals surface area contributed by atoms with Crippen LogP contribution in [0.25, 0.3) is 0 Å². The molecule has 1 N–H and O–H groups in total. The zero-order valence-corrected chi connectivity index (χ0v) is 14.6. The molecule has 0 saturated carbocycles. The topological polar surface area (TPSA) is 32.7 Å². The van der Waals surface area contributed by atoms with Crippen LogP contribution in [0.15, 0.2) is 48.5 Å². The minimum Gasteiger partial charge on any atom is -0.497 e. The van der Waals surface area contributed by atoms with E-state index in [2.05, 4.69) is 4.90 Å². The van der Waals surface area contributed by atoms with Crippen molar-refractivity contribution in [2.24, 2.45) is 0 Å². The largest absolute Gasteiger partial charge is 0.497 e. The van der Waals surface area contributed by atoms with Gasteiger partial charge >= 0.3 is 6.18 Å². The number of alkyl halides is 3. The predicted molar refractivity (Wildman–Crippen MR) is 92.8 cm³/mol. The highest BCUT2D eigenvalue weighted by molar-refractivity contribution is 5.30. The Balaban J connectivity index is 1.63. The van der Waals surface area contributed by atoms with Crippen molar-refractivity contribution in [3.63, 3.8) is 0 Å². The predicted octanol–water partition coefficient (Wildman–Crippen LogP) is 4.20. The monoisotopic (exact) mass is 365 g/mol. The van der Waals surface area contributed by atoms with Crippen molar-refractivity contribution in [2.45, 2.75) is 31.2 Å². The van der Waals surface area contributed by atoms with Gasteiger partial charge in [-0.3, -0.25) is 4.90 Å². The molecule has 3 nitrogen and oxygen atoms in total. The van der Waals surface area contributed by atoms with Gasteiger partial charge in [0.15, 0.2) is 0 Å². The lowest BCUT2D eigenvalue weighted by Crippen LogP contribution is -2.42. The van der Waals surface area contributed by atoms with Gasteiger partial charge in [-0.2, -0.15) is 13.2 Å². The second-order valence-electron chi connectivity index (χ2n) is 6.73. The van der Waals surface area contributed by atoms with Crippen LogP contribution in [-0.4, -0.2) is 30.2 Å². The van der Waals surface area contributed by atoms with Gasteiger partial charge in [-0.05, 0) is 48.2 Å². The van der Waals surface area contributed by atoms with Crippen molar-refractivity contribution >= 4 is 0 Å². The zero-order valence-electron chi connectivity index (χ0n) is 14.6. The minimum atomic E-state index is -4.36. The van der Waals surface area contributed by atoms with E-state index in [1.807, 2.05) is 24.3 Å². The van der Waals surface area contributed by atoms with Gasteiger partial charge in [0.25, 0.3) is 0 Å². The number of rotatable bonds is 4. The second kappa shape index (κ2) is 7.29. The Kier molecular flexibility index (Phi) is 5.25. The first kappa shape index (κ1) is 18.7. The Morgan fingerprint density at radius 3 is 2.31 bits per heavy atom. The third-order valence-corrected chi connectivity index (χ3v) is 4.97. The lowest BCUT2D eigenvalue weighted by molar-refractivity contribution is -0.137. The van der Waals surface area contributed by atoms with E-state index < -0.39 is 17.3 Å². The molecule has 1 aliphatic heterocycles. The summed E-state index contributed by atoms with van der Waals surface area (Å²) in [5.74, 6) is 0.806. The molecule has 1 heterocycles. The Morgan fingerprint density at radius 1 is 1.08 bits per heavy atom. The average molecular weight is 365 g/mol. The molecule has 0 aromatic heterocycles. The van der Waals surface area contributed by atoms with Gasteiger partial charge in [-0.25, -0.2) is 0 Å². The number of nitrogens with zero attached hydrogens (tertiary/aromatic N) is 1. The number of piperidine rings is 1. The number of hydrogen-bond acceptors (Lipinski definition) is 3. The molecule has 1 saturated heterocycles. The zero-order chi connectivity index (χ0) is 18.8. The summed E-state index contributed by atoms with van der Waals surface area (Å²) in [5, 5.41) is 10.9. The molecule has 140 valence electrons. The fourth-order valence-corrected chi connectivity index (χ4v) is 3.37. The second-order valence-corrected chi connectivity index (χ2v) is 6.73. The highest BCUT2D eigenvalue weighted by Crippen LogP contribution is 2.36. The van der Waals surface area contributed by atoms with Crippen LogP contribution in [0.1, 0.15) is 29.5 Å². The first-order valence-corrected chi connectivity index (χ1v) is 8.56. The van der Waals surface area contributed by atoms with E-state index >= 15 is 0 Å². The quantitative estimate of drug-likeness (QED) is 0.882.